The van der Waals surface area contributed by atoms with Crippen LogP contribution in [0.1, 0.15) is 182 Å². The molecule has 0 aromatic rings. The van der Waals surface area contributed by atoms with Crippen LogP contribution < -0.4 is 53.6 Å². The van der Waals surface area contributed by atoms with Crippen molar-refractivity contribution in [3.8, 4) is 0 Å². The number of primary amides is 1. The molecule has 2 aliphatic heterocycles. The van der Waals surface area contributed by atoms with Gasteiger partial charge in [0.2, 0.25) is 70.9 Å². The Morgan fingerprint density at radius 3 is 1.43 bits per heavy atom. The Morgan fingerprint density at radius 1 is 0.554 bits per heavy atom. The Balaban J connectivity index is 2.31. The molecule has 11 atom stereocenters. The number of nitrogens with one attached hydrogen (secondary N) is 9. The molecule has 0 bridgehead atoms. The molecule has 472 valence electrons. The lowest BCUT2D eigenvalue weighted by Gasteiger charge is -2.36. The number of nitrogens with two attached hydrogens (primary N) is 1. The molecule has 2 aliphatic rings. The highest BCUT2D eigenvalue weighted by Crippen LogP contribution is 2.25. The van der Waals surface area contributed by atoms with Gasteiger partial charge in [-0.3, -0.25) is 57.5 Å². The minimum atomic E-state index is -1.66. The van der Waals surface area contributed by atoms with E-state index >= 15 is 0 Å². The standard InChI is InChI=1S/C58H102N12O13/c1-18-34(10)44(50(78)60-38(29-31(4)5)47(75)67-56(13,14)54(82)69-27-21-23-40(69)48(76)61-39(30-71)32(6)7)65-49(77)41-24-22-28-70(41)55(83)57(15,16)68-52(80)43(33(8)9)63-51(79)45(35(11)19-2)64-46(74)37(25-26-42(59)73)62-53(81)58(17,20-3)66-36(12)72/h31-35,37-41,43-45,71H,18-30H2,1-17H3,(H2,59,73)(H,60,78)(H,61,76)(H,62,81)(H,63,79)(H,64,74)(H,65,77)(H,66,72)(H,67,75)(H,68,80)/t34-,35-,37-,38-,39+,40-,41-,43-,44-,45-,58+/m0/s1. The van der Waals surface area contributed by atoms with Crippen LogP contribution in [0.2, 0.25) is 0 Å². The van der Waals surface area contributed by atoms with Crippen LogP contribution >= 0.6 is 0 Å². The molecule has 0 unspecified atom stereocenters. The zero-order chi connectivity index (χ0) is 63.6. The van der Waals surface area contributed by atoms with Crippen molar-refractivity contribution in [3.63, 3.8) is 0 Å². The first-order valence-electron chi connectivity index (χ1n) is 29.7. The monoisotopic (exact) mass is 1170 g/mol. The average molecular weight is 1180 g/mol. The molecule has 2 heterocycles. The highest BCUT2D eigenvalue weighted by atomic mass is 16.3. The van der Waals surface area contributed by atoms with Gasteiger partial charge in [0.1, 0.15) is 58.9 Å². The predicted octanol–water partition coefficient (Wildman–Crippen LogP) is 0.680. The van der Waals surface area contributed by atoms with Crippen LogP contribution in [0.4, 0.5) is 0 Å². The third kappa shape index (κ3) is 20.7. The Kier molecular flexibility index (Phi) is 28.1. The van der Waals surface area contributed by atoms with E-state index in [0.717, 1.165) is 0 Å². The van der Waals surface area contributed by atoms with E-state index in [4.69, 9.17) is 5.73 Å². The van der Waals surface area contributed by atoms with Crippen LogP contribution in [-0.2, 0) is 57.5 Å². The van der Waals surface area contributed by atoms with Gasteiger partial charge in [-0.1, -0.05) is 89.0 Å². The fourth-order valence-corrected chi connectivity index (χ4v) is 10.1. The van der Waals surface area contributed by atoms with Crippen LogP contribution in [-0.4, -0.2) is 170 Å². The van der Waals surface area contributed by atoms with E-state index in [1.807, 2.05) is 34.6 Å². The molecule has 2 fully saturated rings. The summed E-state index contributed by atoms with van der Waals surface area (Å²) in [6, 6.07) is -8.54. The zero-order valence-electron chi connectivity index (χ0n) is 52.5. The summed E-state index contributed by atoms with van der Waals surface area (Å²) in [7, 11) is 0. The van der Waals surface area contributed by atoms with Crippen molar-refractivity contribution in [2.45, 2.75) is 247 Å². The number of carbonyl (C=O) groups is 12. The second-order valence-electron chi connectivity index (χ2n) is 25.1. The Bertz CT molecular complexity index is 2330. The summed E-state index contributed by atoms with van der Waals surface area (Å²) < 4.78 is 0. The number of nitrogens with zero attached hydrogens (tertiary/aromatic N) is 2. The molecule has 0 spiro atoms. The van der Waals surface area contributed by atoms with Gasteiger partial charge in [-0.05, 0) is 109 Å². The maximum absolute atomic E-state index is 14.5. The summed E-state index contributed by atoms with van der Waals surface area (Å²) in [5.74, 6) is -9.41. The average Bonchev–Trinajstić information content (AvgIpc) is 4.17. The summed E-state index contributed by atoms with van der Waals surface area (Å²) in [4.78, 5) is 167. The molecular formula is C58H102N12O13. The van der Waals surface area contributed by atoms with Crippen LogP contribution in [0.25, 0.3) is 0 Å². The predicted molar refractivity (Wildman–Crippen MR) is 312 cm³/mol. The molecule has 12 N–H and O–H groups in total. The van der Waals surface area contributed by atoms with Gasteiger partial charge in [0.25, 0.3) is 0 Å². The lowest BCUT2D eigenvalue weighted by Crippen LogP contribution is -2.65. The molecular weight excluding hydrogens is 1070 g/mol. The smallest absolute Gasteiger partial charge is 0.248 e. The van der Waals surface area contributed by atoms with Crippen molar-refractivity contribution in [1.82, 2.24) is 57.7 Å². The molecule has 2 saturated heterocycles. The van der Waals surface area contributed by atoms with Crippen molar-refractivity contribution in [3.05, 3.63) is 0 Å². The molecule has 2 rings (SSSR count). The summed E-state index contributed by atoms with van der Waals surface area (Å²) in [6.07, 6.45) is 2.22. The summed E-state index contributed by atoms with van der Waals surface area (Å²) in [6.45, 7) is 28.4. The van der Waals surface area contributed by atoms with Crippen molar-refractivity contribution < 1.29 is 62.6 Å². The van der Waals surface area contributed by atoms with E-state index < -0.39 is 154 Å². The SMILES string of the molecule is CC[C@H](C)[C@H](NC(=O)[C@H](CCC(N)=O)NC(=O)[C@@](C)(CC)NC(C)=O)C(=O)N[C@H](C(=O)NC(C)(C)C(=O)N1CCC[C@H]1C(=O)N[C@H](C(=O)N[C@@H](CC(C)C)C(=O)NC(C)(C)C(=O)N1CCC[C@H]1C(=O)N[C@H](CO)C(C)C)[C@@H](C)CC)C(C)C. The van der Waals surface area contributed by atoms with Crippen molar-refractivity contribution in [2.24, 2.45) is 35.3 Å². The first kappa shape index (κ1) is 72.7. The second-order valence-corrected chi connectivity index (χ2v) is 25.1. The fourth-order valence-electron chi connectivity index (χ4n) is 10.1. The molecule has 25 heteroatoms. The maximum atomic E-state index is 14.5. The third-order valence-corrected chi connectivity index (χ3v) is 16.0. The largest absolute Gasteiger partial charge is 0.394 e. The van der Waals surface area contributed by atoms with Gasteiger partial charge in [0.05, 0.1) is 12.6 Å². The summed E-state index contributed by atoms with van der Waals surface area (Å²) >= 11 is 0. The Morgan fingerprint density at radius 2 is 1.01 bits per heavy atom. The van der Waals surface area contributed by atoms with Crippen LogP contribution in [0.15, 0.2) is 0 Å². The minimum absolute atomic E-state index is 0.0534. The highest BCUT2D eigenvalue weighted by Gasteiger charge is 2.46. The molecule has 25 nitrogen and oxygen atoms in total. The van der Waals surface area contributed by atoms with Crippen LogP contribution in [0, 0.1) is 29.6 Å². The van der Waals surface area contributed by atoms with Gasteiger partial charge >= 0.3 is 0 Å². The summed E-state index contributed by atoms with van der Waals surface area (Å²) in [5, 5.41) is 34.5. The number of aliphatic hydroxyl groups excluding tert-OH is 1. The second kappa shape index (κ2) is 32.0. The van der Waals surface area contributed by atoms with E-state index in [1.165, 1.54) is 51.3 Å². The van der Waals surface area contributed by atoms with Gasteiger partial charge in [0.15, 0.2) is 0 Å². The van der Waals surface area contributed by atoms with E-state index in [0.29, 0.717) is 32.1 Å². The van der Waals surface area contributed by atoms with E-state index in [9.17, 15) is 62.6 Å². The number of hydrogen-bond acceptors (Lipinski definition) is 13. The van der Waals surface area contributed by atoms with Crippen molar-refractivity contribution in [2.75, 3.05) is 19.7 Å². The third-order valence-electron chi connectivity index (χ3n) is 16.0. The fraction of sp³-hybridized carbons (Fsp3) is 0.793. The number of carbonyl (C=O) groups excluding carboxylic acids is 12. The first-order chi connectivity index (χ1) is 38.4. The number of amides is 12. The molecule has 0 aromatic heterocycles. The van der Waals surface area contributed by atoms with Gasteiger partial charge in [0, 0.05) is 26.4 Å². The van der Waals surface area contributed by atoms with E-state index in [-0.39, 0.29) is 63.6 Å². The molecule has 83 heavy (non-hydrogen) atoms. The molecule has 0 saturated carbocycles. The van der Waals surface area contributed by atoms with Crippen LogP contribution in [0.5, 0.6) is 0 Å². The Hall–Kier alpha value is -6.40. The normalized spacial score (nSPS) is 19.1. The number of likely N-dealkylation sites (tertiary alicyclic amines) is 2. The topological polar surface area (TPSA) is 366 Å². The molecule has 0 aromatic carbocycles. The Labute approximate surface area is 491 Å². The van der Waals surface area contributed by atoms with E-state index in [1.54, 1.807) is 41.5 Å². The lowest BCUT2D eigenvalue weighted by molar-refractivity contribution is -0.146. The van der Waals surface area contributed by atoms with Gasteiger partial charge in [-0.15, -0.1) is 0 Å². The minimum Gasteiger partial charge on any atom is -0.394 e. The molecule has 0 radical (unpaired) electrons. The maximum Gasteiger partial charge on any atom is 0.248 e. The van der Waals surface area contributed by atoms with Crippen LogP contribution in [0.3, 0.4) is 0 Å². The lowest BCUT2D eigenvalue weighted by atomic mass is 9.94. The van der Waals surface area contributed by atoms with Gasteiger partial charge < -0.3 is 68.5 Å². The van der Waals surface area contributed by atoms with Gasteiger partial charge in [-0.25, -0.2) is 0 Å². The van der Waals surface area contributed by atoms with E-state index in [2.05, 4.69) is 47.9 Å². The zero-order valence-corrected chi connectivity index (χ0v) is 52.5. The number of aliphatic hydroxyl groups is 1. The highest BCUT2D eigenvalue weighted by molar-refractivity contribution is 6.01. The van der Waals surface area contributed by atoms with Crippen molar-refractivity contribution in [1.29, 1.82) is 0 Å². The quantitative estimate of drug-likeness (QED) is 0.0442. The number of rotatable bonds is 32. The van der Waals surface area contributed by atoms with Crippen molar-refractivity contribution >= 4 is 70.9 Å². The van der Waals surface area contributed by atoms with Gasteiger partial charge in [-0.2, -0.15) is 0 Å². The summed E-state index contributed by atoms with van der Waals surface area (Å²) in [5.41, 5.74) is 0.816. The molecule has 12 amide bonds. The number of hydrogen-bond donors (Lipinski definition) is 11. The molecule has 0 aliphatic carbocycles. The first-order valence-corrected chi connectivity index (χ1v) is 29.7.